The van der Waals surface area contributed by atoms with Crippen molar-refractivity contribution in [3.63, 3.8) is 0 Å². The molecule has 0 spiro atoms. The predicted octanol–water partition coefficient (Wildman–Crippen LogP) is 18.0. The van der Waals surface area contributed by atoms with Crippen LogP contribution in [-0.4, -0.2) is 37.2 Å². The minimum Gasteiger partial charge on any atom is -0.462 e. The normalized spacial score (nSPS) is 13.3. The lowest BCUT2D eigenvalue weighted by molar-refractivity contribution is -0.167. The zero-order valence-electron chi connectivity index (χ0n) is 43.3. The molecular formula is C62H96O6. The lowest BCUT2D eigenvalue weighted by atomic mass is 10.1. The van der Waals surface area contributed by atoms with Gasteiger partial charge in [0, 0.05) is 19.3 Å². The van der Waals surface area contributed by atoms with Crippen LogP contribution in [0.25, 0.3) is 0 Å². The monoisotopic (exact) mass is 937 g/mol. The number of esters is 3. The lowest BCUT2D eigenvalue weighted by Gasteiger charge is -2.18. The molecule has 6 nitrogen and oxygen atoms in total. The van der Waals surface area contributed by atoms with Crippen molar-refractivity contribution < 1.29 is 28.6 Å². The fourth-order valence-corrected chi connectivity index (χ4v) is 6.72. The molecular weight excluding hydrogens is 841 g/mol. The molecule has 0 aliphatic heterocycles. The van der Waals surface area contributed by atoms with Gasteiger partial charge in [-0.3, -0.25) is 14.4 Å². The molecule has 0 aromatic rings. The number of carbonyl (C=O) groups excluding carboxylic acids is 3. The second-order valence-corrected chi connectivity index (χ2v) is 17.2. The smallest absolute Gasteiger partial charge is 0.306 e. The van der Waals surface area contributed by atoms with Crippen molar-refractivity contribution in [3.8, 4) is 0 Å². The van der Waals surface area contributed by atoms with Crippen LogP contribution in [0.3, 0.4) is 0 Å². The number of hydrogen-bond acceptors (Lipinski definition) is 6. The summed E-state index contributed by atoms with van der Waals surface area (Å²) in [6, 6.07) is 0. The first-order valence-electron chi connectivity index (χ1n) is 26.9. The van der Waals surface area contributed by atoms with E-state index in [9.17, 15) is 14.4 Å². The number of ether oxygens (including phenoxy) is 3. The SMILES string of the molecule is CC\C=C/C=C\C=C/C=C\C=C/CCCC(=O)OCC(COC(=O)CCCCC/C=C\C/C=C\C/C=C\C/C=C\C/C=C\CC)OC(=O)CCCCCCC/C=C\C=C/CCCCCCCCC. The number of unbranched alkanes of at least 4 members (excludes halogenated alkanes) is 16. The van der Waals surface area contributed by atoms with Crippen LogP contribution < -0.4 is 0 Å². The number of hydrogen-bond donors (Lipinski definition) is 0. The molecule has 0 fully saturated rings. The van der Waals surface area contributed by atoms with Gasteiger partial charge in [-0.05, 0) is 103 Å². The fraction of sp³-hybridized carbons (Fsp3) is 0.565. The Morgan fingerprint density at radius 3 is 1.16 bits per heavy atom. The Hall–Kier alpha value is -4.71. The quantitative estimate of drug-likeness (QED) is 0.0199. The van der Waals surface area contributed by atoms with Crippen LogP contribution in [0.1, 0.15) is 207 Å². The first-order valence-corrected chi connectivity index (χ1v) is 26.9. The van der Waals surface area contributed by atoms with Crippen molar-refractivity contribution in [2.75, 3.05) is 13.2 Å². The van der Waals surface area contributed by atoms with E-state index in [1.54, 1.807) is 0 Å². The van der Waals surface area contributed by atoms with E-state index in [1.165, 1.54) is 44.9 Å². The van der Waals surface area contributed by atoms with Crippen LogP contribution >= 0.6 is 0 Å². The van der Waals surface area contributed by atoms with Crippen LogP contribution in [0.2, 0.25) is 0 Å². The Balaban J connectivity index is 4.58. The Labute approximate surface area is 417 Å². The first kappa shape index (κ1) is 63.3. The van der Waals surface area contributed by atoms with E-state index in [0.29, 0.717) is 12.8 Å². The van der Waals surface area contributed by atoms with Crippen molar-refractivity contribution >= 4 is 17.9 Å². The molecule has 68 heavy (non-hydrogen) atoms. The summed E-state index contributed by atoms with van der Waals surface area (Å²) in [7, 11) is 0. The topological polar surface area (TPSA) is 78.9 Å². The highest BCUT2D eigenvalue weighted by molar-refractivity contribution is 5.71. The lowest BCUT2D eigenvalue weighted by Crippen LogP contribution is -2.30. The average molecular weight is 937 g/mol. The highest BCUT2D eigenvalue weighted by atomic mass is 16.6. The van der Waals surface area contributed by atoms with Gasteiger partial charge in [0.25, 0.3) is 0 Å². The highest BCUT2D eigenvalue weighted by Gasteiger charge is 2.19. The van der Waals surface area contributed by atoms with Crippen molar-refractivity contribution in [3.05, 3.63) is 146 Å². The molecule has 0 rings (SSSR count). The van der Waals surface area contributed by atoms with E-state index in [2.05, 4.69) is 112 Å². The van der Waals surface area contributed by atoms with E-state index in [1.807, 2.05) is 54.7 Å². The van der Waals surface area contributed by atoms with E-state index in [4.69, 9.17) is 14.2 Å². The third-order valence-electron chi connectivity index (χ3n) is 10.7. The highest BCUT2D eigenvalue weighted by Crippen LogP contribution is 2.12. The van der Waals surface area contributed by atoms with Crippen molar-refractivity contribution in [1.29, 1.82) is 0 Å². The second-order valence-electron chi connectivity index (χ2n) is 17.2. The molecule has 0 aromatic heterocycles. The third-order valence-corrected chi connectivity index (χ3v) is 10.7. The van der Waals surface area contributed by atoms with Crippen LogP contribution in [0.4, 0.5) is 0 Å². The molecule has 0 saturated heterocycles. The Morgan fingerprint density at radius 2 is 0.662 bits per heavy atom. The molecule has 1 atom stereocenters. The maximum absolute atomic E-state index is 12.8. The molecule has 0 bridgehead atoms. The van der Waals surface area contributed by atoms with Crippen LogP contribution in [0.15, 0.2) is 146 Å². The molecule has 6 heteroatoms. The van der Waals surface area contributed by atoms with Gasteiger partial charge in [-0.25, -0.2) is 0 Å². The molecule has 0 radical (unpaired) electrons. The van der Waals surface area contributed by atoms with Gasteiger partial charge in [-0.1, -0.05) is 231 Å². The molecule has 0 aromatic carbocycles. The van der Waals surface area contributed by atoms with E-state index >= 15 is 0 Å². The fourth-order valence-electron chi connectivity index (χ4n) is 6.72. The van der Waals surface area contributed by atoms with Gasteiger partial charge in [-0.15, -0.1) is 0 Å². The third kappa shape index (κ3) is 52.3. The first-order chi connectivity index (χ1) is 33.5. The zero-order chi connectivity index (χ0) is 49.3. The largest absolute Gasteiger partial charge is 0.462 e. The molecule has 0 N–H and O–H groups in total. The maximum atomic E-state index is 12.8. The molecule has 380 valence electrons. The van der Waals surface area contributed by atoms with Gasteiger partial charge in [-0.2, -0.15) is 0 Å². The molecule has 1 unspecified atom stereocenters. The van der Waals surface area contributed by atoms with Crippen LogP contribution in [0, 0.1) is 0 Å². The van der Waals surface area contributed by atoms with Crippen LogP contribution in [0.5, 0.6) is 0 Å². The molecule has 0 heterocycles. The minimum absolute atomic E-state index is 0.130. The second kappa shape index (κ2) is 54.9. The summed E-state index contributed by atoms with van der Waals surface area (Å²) in [5, 5.41) is 0. The van der Waals surface area contributed by atoms with Gasteiger partial charge in [0.1, 0.15) is 13.2 Å². The zero-order valence-corrected chi connectivity index (χ0v) is 43.3. The maximum Gasteiger partial charge on any atom is 0.306 e. The summed E-state index contributed by atoms with van der Waals surface area (Å²) in [4.78, 5) is 38.0. The van der Waals surface area contributed by atoms with Gasteiger partial charge in [0.05, 0.1) is 0 Å². The van der Waals surface area contributed by atoms with Gasteiger partial charge < -0.3 is 14.2 Å². The van der Waals surface area contributed by atoms with Crippen molar-refractivity contribution in [2.24, 2.45) is 0 Å². The summed E-state index contributed by atoms with van der Waals surface area (Å²) in [6.07, 6.45) is 78.4. The summed E-state index contributed by atoms with van der Waals surface area (Å²) < 4.78 is 16.7. The van der Waals surface area contributed by atoms with Gasteiger partial charge in [0.15, 0.2) is 6.10 Å². The number of rotatable bonds is 46. The summed E-state index contributed by atoms with van der Waals surface area (Å²) in [6.45, 7) is 6.25. The Bertz CT molecular complexity index is 1540. The minimum atomic E-state index is -0.835. The van der Waals surface area contributed by atoms with Gasteiger partial charge in [0.2, 0.25) is 0 Å². The molecule has 0 saturated carbocycles. The number of carbonyl (C=O) groups is 3. The Morgan fingerprint density at radius 1 is 0.324 bits per heavy atom. The summed E-state index contributed by atoms with van der Waals surface area (Å²) in [5.74, 6) is -1.06. The molecule has 0 amide bonds. The van der Waals surface area contributed by atoms with Gasteiger partial charge >= 0.3 is 17.9 Å². The standard InChI is InChI=1S/C62H96O6/c1-4-7-10-13-16-19-22-25-27-29-31-33-34-37-40-43-46-49-52-55-61(64)67-58-59(57-66-60(63)54-51-48-45-42-39-36-24-21-18-15-12-9-6-3)68-62(65)56-53-50-47-44-41-38-35-32-30-28-26-23-20-17-14-11-8-5-2/h7,9-10,12,15-16,18-19,21,24-25,27-28,30-33,35-37,39-40,42,45,59H,4-6,8,11,13-14,17,20,22-23,26,29,34,38,41,43-44,46-58H2,1-3H3/b10-7-,12-9-,18-15-,19-16-,24-21-,27-25-,30-28-,33-31-,35-32-,39-36-,40-37-,45-42-. The van der Waals surface area contributed by atoms with Crippen LogP contribution in [-0.2, 0) is 28.6 Å². The average Bonchev–Trinajstić information content (AvgIpc) is 3.34. The number of allylic oxidation sites excluding steroid dienone is 24. The predicted molar refractivity (Wildman–Crippen MR) is 292 cm³/mol. The van der Waals surface area contributed by atoms with Crippen molar-refractivity contribution in [2.45, 2.75) is 213 Å². The summed E-state index contributed by atoms with van der Waals surface area (Å²) >= 11 is 0. The molecule has 0 aliphatic rings. The molecule has 0 aliphatic carbocycles. The van der Waals surface area contributed by atoms with E-state index in [0.717, 1.165) is 116 Å². The summed E-state index contributed by atoms with van der Waals surface area (Å²) in [5.41, 5.74) is 0. The van der Waals surface area contributed by atoms with E-state index in [-0.39, 0.29) is 44.0 Å². The van der Waals surface area contributed by atoms with E-state index < -0.39 is 6.10 Å². The van der Waals surface area contributed by atoms with Crippen molar-refractivity contribution in [1.82, 2.24) is 0 Å². The Kier molecular flexibility index (Phi) is 51.1.